The molecule has 0 radical (unpaired) electrons. The molecular formula is C10H20BrNO2. The Kier molecular flexibility index (Phi) is 6.36. The number of amides is 1. The topological polar surface area (TPSA) is 40.5 Å². The van der Waals surface area contributed by atoms with Crippen LogP contribution in [0.3, 0.4) is 0 Å². The Labute approximate surface area is 94.6 Å². The van der Waals surface area contributed by atoms with Crippen molar-refractivity contribution in [2.24, 2.45) is 0 Å². The Morgan fingerprint density at radius 2 is 2.00 bits per heavy atom. The molecule has 0 aromatic carbocycles. The zero-order chi connectivity index (χ0) is 11.2. The lowest BCUT2D eigenvalue weighted by atomic mass is 10.1. The SMILES string of the molecule is CN(CC(C)(C)O)C(=O)CCCCBr. The molecule has 0 unspecified atom stereocenters. The van der Waals surface area contributed by atoms with Gasteiger partial charge in [0.25, 0.3) is 0 Å². The van der Waals surface area contributed by atoms with Gasteiger partial charge in [-0.2, -0.15) is 0 Å². The predicted octanol–water partition coefficient (Wildman–Crippen LogP) is 1.78. The Bertz CT molecular complexity index is 177. The maximum atomic E-state index is 11.5. The van der Waals surface area contributed by atoms with Crippen LogP contribution in [0.5, 0.6) is 0 Å². The van der Waals surface area contributed by atoms with Crippen LogP contribution in [-0.2, 0) is 4.79 Å². The van der Waals surface area contributed by atoms with Crippen molar-refractivity contribution >= 4 is 21.8 Å². The summed E-state index contributed by atoms with van der Waals surface area (Å²) in [4.78, 5) is 13.1. The van der Waals surface area contributed by atoms with E-state index >= 15 is 0 Å². The minimum Gasteiger partial charge on any atom is -0.389 e. The molecule has 0 aliphatic carbocycles. The van der Waals surface area contributed by atoms with Crippen LogP contribution < -0.4 is 0 Å². The van der Waals surface area contributed by atoms with Gasteiger partial charge in [-0.3, -0.25) is 4.79 Å². The van der Waals surface area contributed by atoms with E-state index in [4.69, 9.17) is 0 Å². The summed E-state index contributed by atoms with van der Waals surface area (Å²) in [5.41, 5.74) is -0.806. The minimum atomic E-state index is -0.806. The van der Waals surface area contributed by atoms with E-state index in [1.807, 2.05) is 0 Å². The maximum absolute atomic E-state index is 11.5. The highest BCUT2D eigenvalue weighted by Crippen LogP contribution is 2.06. The second kappa shape index (κ2) is 6.40. The molecule has 0 atom stereocenters. The molecule has 1 amide bonds. The van der Waals surface area contributed by atoms with Crippen LogP contribution in [0.4, 0.5) is 0 Å². The first kappa shape index (κ1) is 13.9. The van der Waals surface area contributed by atoms with Crippen molar-refractivity contribution in [2.45, 2.75) is 38.7 Å². The molecule has 0 aromatic rings. The Balaban J connectivity index is 3.77. The van der Waals surface area contributed by atoms with Crippen molar-refractivity contribution in [3.8, 4) is 0 Å². The fourth-order valence-electron chi connectivity index (χ4n) is 1.23. The van der Waals surface area contributed by atoms with E-state index in [0.29, 0.717) is 13.0 Å². The molecule has 0 heterocycles. The van der Waals surface area contributed by atoms with Crippen LogP contribution in [0.25, 0.3) is 0 Å². The largest absolute Gasteiger partial charge is 0.389 e. The minimum absolute atomic E-state index is 0.105. The first-order chi connectivity index (χ1) is 6.37. The molecule has 0 aromatic heterocycles. The third kappa shape index (κ3) is 7.33. The van der Waals surface area contributed by atoms with Crippen LogP contribution in [0, 0.1) is 0 Å². The van der Waals surface area contributed by atoms with E-state index in [1.165, 1.54) is 0 Å². The lowest BCUT2D eigenvalue weighted by Gasteiger charge is -2.25. The highest BCUT2D eigenvalue weighted by Gasteiger charge is 2.18. The number of carbonyl (C=O) groups excluding carboxylic acids is 1. The fraction of sp³-hybridized carbons (Fsp3) is 0.900. The summed E-state index contributed by atoms with van der Waals surface area (Å²) in [7, 11) is 1.73. The Morgan fingerprint density at radius 1 is 1.43 bits per heavy atom. The van der Waals surface area contributed by atoms with Crippen molar-refractivity contribution < 1.29 is 9.90 Å². The smallest absolute Gasteiger partial charge is 0.222 e. The van der Waals surface area contributed by atoms with Gasteiger partial charge in [-0.15, -0.1) is 0 Å². The summed E-state index contributed by atoms with van der Waals surface area (Å²) in [6.45, 7) is 3.80. The molecule has 0 rings (SSSR count). The lowest BCUT2D eigenvalue weighted by Crippen LogP contribution is -2.39. The van der Waals surface area contributed by atoms with E-state index in [2.05, 4.69) is 15.9 Å². The third-order valence-corrected chi connectivity index (χ3v) is 2.38. The number of nitrogens with zero attached hydrogens (tertiary/aromatic N) is 1. The van der Waals surface area contributed by atoms with Gasteiger partial charge in [0.05, 0.1) is 5.60 Å². The lowest BCUT2D eigenvalue weighted by molar-refractivity contribution is -0.132. The molecule has 0 aliphatic rings. The van der Waals surface area contributed by atoms with Gasteiger partial charge >= 0.3 is 0 Å². The van der Waals surface area contributed by atoms with Crippen LogP contribution in [-0.4, -0.2) is 40.4 Å². The Morgan fingerprint density at radius 3 is 2.43 bits per heavy atom. The molecule has 3 nitrogen and oxygen atoms in total. The van der Waals surface area contributed by atoms with E-state index in [-0.39, 0.29) is 5.91 Å². The molecule has 0 fully saturated rings. The normalized spacial score (nSPS) is 11.5. The highest BCUT2D eigenvalue weighted by atomic mass is 79.9. The predicted molar refractivity (Wildman–Crippen MR) is 61.6 cm³/mol. The molecule has 4 heteroatoms. The number of halogens is 1. The Hall–Kier alpha value is -0.0900. The van der Waals surface area contributed by atoms with Crippen molar-refractivity contribution in [1.82, 2.24) is 4.90 Å². The number of unbranched alkanes of at least 4 members (excludes halogenated alkanes) is 1. The first-order valence-corrected chi connectivity index (χ1v) is 6.01. The number of aliphatic hydroxyl groups is 1. The number of rotatable bonds is 6. The van der Waals surface area contributed by atoms with Crippen LogP contribution >= 0.6 is 15.9 Å². The number of hydrogen-bond donors (Lipinski definition) is 1. The van der Waals surface area contributed by atoms with E-state index in [1.54, 1.807) is 25.8 Å². The molecule has 0 aliphatic heterocycles. The third-order valence-electron chi connectivity index (χ3n) is 1.82. The second-order valence-electron chi connectivity index (χ2n) is 4.21. The maximum Gasteiger partial charge on any atom is 0.222 e. The number of likely N-dealkylation sites (N-methyl/N-ethyl adjacent to an activating group) is 1. The molecule has 14 heavy (non-hydrogen) atoms. The van der Waals surface area contributed by atoms with Crippen molar-refractivity contribution in [3.63, 3.8) is 0 Å². The highest BCUT2D eigenvalue weighted by molar-refractivity contribution is 9.09. The van der Waals surface area contributed by atoms with Gasteiger partial charge in [-0.05, 0) is 26.7 Å². The van der Waals surface area contributed by atoms with Gasteiger partial charge in [0.1, 0.15) is 0 Å². The monoisotopic (exact) mass is 265 g/mol. The summed E-state index contributed by atoms with van der Waals surface area (Å²) in [5.74, 6) is 0.105. The number of carbonyl (C=O) groups is 1. The van der Waals surface area contributed by atoms with Gasteiger partial charge < -0.3 is 10.0 Å². The van der Waals surface area contributed by atoms with Gasteiger partial charge in [-0.1, -0.05) is 15.9 Å². The van der Waals surface area contributed by atoms with Crippen molar-refractivity contribution in [1.29, 1.82) is 0 Å². The molecule has 0 saturated carbocycles. The van der Waals surface area contributed by atoms with Crippen LogP contribution in [0.1, 0.15) is 33.1 Å². The zero-order valence-corrected chi connectivity index (χ0v) is 10.8. The molecule has 0 saturated heterocycles. The standard InChI is InChI=1S/C10H20BrNO2/c1-10(2,14)8-12(3)9(13)6-4-5-7-11/h14H,4-8H2,1-3H3. The summed E-state index contributed by atoms with van der Waals surface area (Å²) in [5, 5.41) is 10.4. The molecule has 0 bridgehead atoms. The van der Waals surface area contributed by atoms with Crippen LogP contribution in [0.15, 0.2) is 0 Å². The summed E-state index contributed by atoms with van der Waals surface area (Å²) < 4.78 is 0. The average molecular weight is 266 g/mol. The van der Waals surface area contributed by atoms with Crippen LogP contribution in [0.2, 0.25) is 0 Å². The van der Waals surface area contributed by atoms with Gasteiger partial charge in [0.2, 0.25) is 5.91 Å². The number of hydrogen-bond acceptors (Lipinski definition) is 2. The van der Waals surface area contributed by atoms with Gasteiger partial charge in [-0.25, -0.2) is 0 Å². The van der Waals surface area contributed by atoms with Crippen molar-refractivity contribution in [2.75, 3.05) is 18.9 Å². The average Bonchev–Trinajstić information content (AvgIpc) is 2.01. The molecule has 84 valence electrons. The fourth-order valence-corrected chi connectivity index (χ4v) is 1.63. The summed E-state index contributed by atoms with van der Waals surface area (Å²) in [6, 6.07) is 0. The van der Waals surface area contributed by atoms with Crippen molar-refractivity contribution in [3.05, 3.63) is 0 Å². The van der Waals surface area contributed by atoms with E-state index in [0.717, 1.165) is 18.2 Å². The zero-order valence-electron chi connectivity index (χ0n) is 9.22. The molecular weight excluding hydrogens is 246 g/mol. The van der Waals surface area contributed by atoms with E-state index < -0.39 is 5.60 Å². The summed E-state index contributed by atoms with van der Waals surface area (Å²) in [6.07, 6.45) is 2.49. The first-order valence-electron chi connectivity index (χ1n) is 4.89. The van der Waals surface area contributed by atoms with Gasteiger partial charge in [0, 0.05) is 25.3 Å². The summed E-state index contributed by atoms with van der Waals surface area (Å²) >= 11 is 3.32. The van der Waals surface area contributed by atoms with Gasteiger partial charge in [0.15, 0.2) is 0 Å². The molecule has 0 spiro atoms. The molecule has 1 N–H and O–H groups in total. The second-order valence-corrected chi connectivity index (χ2v) is 5.00. The number of alkyl halides is 1. The van der Waals surface area contributed by atoms with E-state index in [9.17, 15) is 9.90 Å². The quantitative estimate of drug-likeness (QED) is 0.588.